The number of amides is 1. The molecule has 0 aliphatic heterocycles. The molecule has 8 nitrogen and oxygen atoms in total. The second-order valence-electron chi connectivity index (χ2n) is 5.77. The van der Waals surface area contributed by atoms with Crippen LogP contribution in [0.15, 0.2) is 59.4 Å². The molecule has 0 radical (unpaired) electrons. The van der Waals surface area contributed by atoms with Crippen LogP contribution in [0.4, 0.5) is 5.69 Å². The second kappa shape index (κ2) is 8.33. The first-order chi connectivity index (χ1) is 14.0. The van der Waals surface area contributed by atoms with Gasteiger partial charge in [-0.25, -0.2) is 0 Å². The maximum absolute atomic E-state index is 13.1. The van der Waals surface area contributed by atoms with Crippen molar-refractivity contribution in [3.05, 3.63) is 89.8 Å². The first-order valence-corrected chi connectivity index (χ1v) is 9.18. The number of carbonyl (C=O) groups is 1. The third-order valence-electron chi connectivity index (χ3n) is 4.04. The van der Waals surface area contributed by atoms with Crippen LogP contribution in [-0.4, -0.2) is 22.4 Å². The van der Waals surface area contributed by atoms with E-state index < -0.39 is 16.4 Å². The molecule has 0 fully saturated rings. The van der Waals surface area contributed by atoms with E-state index in [-0.39, 0.29) is 26.0 Å². The molecule has 1 N–H and O–H groups in total. The largest absolute Gasteiger partial charge is 0.354 e. The standard InChI is InChI=1S/C20H14N4O4S/c1-22-18(25)15(12-21)20-23(14-8-3-2-4-9-14)19(26)17(29-20)11-13-7-5-6-10-16(13)24(27)28/h2-11H,1H3,(H,22,25)/b17-11-,20-15-. The molecule has 3 rings (SSSR count). The number of para-hydroxylation sites is 2. The molecule has 0 spiro atoms. The maximum atomic E-state index is 13.1. The molecule has 0 aliphatic rings. The minimum absolute atomic E-state index is 0.146. The average Bonchev–Trinajstić information content (AvgIpc) is 3.05. The van der Waals surface area contributed by atoms with Gasteiger partial charge in [-0.2, -0.15) is 5.26 Å². The van der Waals surface area contributed by atoms with Gasteiger partial charge >= 0.3 is 0 Å². The molecule has 0 saturated heterocycles. The Hall–Kier alpha value is -4.03. The fraction of sp³-hybridized carbons (Fsp3) is 0.0500. The molecule has 29 heavy (non-hydrogen) atoms. The molecule has 1 amide bonds. The maximum Gasteiger partial charge on any atom is 0.276 e. The van der Waals surface area contributed by atoms with E-state index in [1.165, 1.54) is 35.9 Å². The van der Waals surface area contributed by atoms with Crippen molar-refractivity contribution >= 4 is 34.6 Å². The smallest absolute Gasteiger partial charge is 0.276 e. The summed E-state index contributed by atoms with van der Waals surface area (Å²) in [7, 11) is 1.39. The van der Waals surface area contributed by atoms with Crippen LogP contribution in [-0.2, 0) is 4.79 Å². The lowest BCUT2D eigenvalue weighted by Gasteiger charge is -2.02. The molecule has 9 heteroatoms. The van der Waals surface area contributed by atoms with Gasteiger partial charge in [0, 0.05) is 13.1 Å². The summed E-state index contributed by atoms with van der Waals surface area (Å²) in [6, 6.07) is 16.4. The molecule has 1 aromatic heterocycles. The van der Waals surface area contributed by atoms with Crippen LogP contribution in [0.5, 0.6) is 0 Å². The topological polar surface area (TPSA) is 118 Å². The first-order valence-electron chi connectivity index (χ1n) is 8.37. The highest BCUT2D eigenvalue weighted by molar-refractivity contribution is 7.07. The van der Waals surface area contributed by atoms with Gasteiger partial charge in [0.25, 0.3) is 17.2 Å². The van der Waals surface area contributed by atoms with E-state index >= 15 is 0 Å². The highest BCUT2D eigenvalue weighted by Gasteiger charge is 2.17. The summed E-state index contributed by atoms with van der Waals surface area (Å²) in [6.45, 7) is 0. The van der Waals surface area contributed by atoms with Crippen molar-refractivity contribution in [3.63, 3.8) is 0 Å². The number of nitrogens with zero attached hydrogens (tertiary/aromatic N) is 3. The molecular weight excluding hydrogens is 392 g/mol. The van der Waals surface area contributed by atoms with Gasteiger partial charge in [-0.05, 0) is 24.3 Å². The number of nitro benzene ring substituents is 1. The van der Waals surface area contributed by atoms with E-state index in [1.54, 1.807) is 36.4 Å². The van der Waals surface area contributed by atoms with Gasteiger partial charge < -0.3 is 5.32 Å². The van der Waals surface area contributed by atoms with Crippen molar-refractivity contribution in [2.45, 2.75) is 0 Å². The number of carbonyl (C=O) groups excluding carboxylic acids is 1. The number of hydrogen-bond donors (Lipinski definition) is 1. The van der Waals surface area contributed by atoms with Gasteiger partial charge in [-0.3, -0.25) is 24.3 Å². The van der Waals surface area contributed by atoms with Crippen LogP contribution in [0.1, 0.15) is 5.56 Å². The van der Waals surface area contributed by atoms with E-state index in [9.17, 15) is 25.0 Å². The number of nitrogens with one attached hydrogen (secondary N) is 1. The first kappa shape index (κ1) is 19.7. The third kappa shape index (κ3) is 3.83. The number of hydrogen-bond acceptors (Lipinski definition) is 6. The van der Waals surface area contributed by atoms with E-state index in [0.29, 0.717) is 5.69 Å². The van der Waals surface area contributed by atoms with Crippen LogP contribution in [0, 0.1) is 21.4 Å². The zero-order chi connectivity index (χ0) is 21.0. The number of rotatable bonds is 4. The van der Waals surface area contributed by atoms with Gasteiger partial charge in [0.15, 0.2) is 5.57 Å². The molecular formula is C20H14N4O4S. The molecule has 0 saturated carbocycles. The summed E-state index contributed by atoms with van der Waals surface area (Å²) in [5.41, 5.74) is -0.126. The molecule has 0 unspecified atom stereocenters. The Morgan fingerprint density at radius 2 is 1.86 bits per heavy atom. The van der Waals surface area contributed by atoms with E-state index in [1.807, 2.05) is 6.07 Å². The van der Waals surface area contributed by atoms with Crippen molar-refractivity contribution in [1.82, 2.24) is 9.88 Å². The summed E-state index contributed by atoms with van der Waals surface area (Å²) in [4.78, 5) is 36.0. The van der Waals surface area contributed by atoms with Crippen LogP contribution in [0.3, 0.4) is 0 Å². The lowest BCUT2D eigenvalue weighted by Crippen LogP contribution is -2.33. The molecule has 0 aliphatic carbocycles. The van der Waals surface area contributed by atoms with Crippen LogP contribution in [0.25, 0.3) is 17.3 Å². The van der Waals surface area contributed by atoms with E-state index in [0.717, 1.165) is 11.3 Å². The number of nitriles is 1. The summed E-state index contributed by atoms with van der Waals surface area (Å²) in [6.07, 6.45) is 1.40. The van der Waals surface area contributed by atoms with Crippen molar-refractivity contribution in [3.8, 4) is 11.8 Å². The quantitative estimate of drug-likeness (QED) is 0.513. The highest BCUT2D eigenvalue weighted by Crippen LogP contribution is 2.18. The highest BCUT2D eigenvalue weighted by atomic mass is 32.1. The predicted molar refractivity (Wildman–Crippen MR) is 109 cm³/mol. The second-order valence-corrected chi connectivity index (χ2v) is 6.80. The predicted octanol–water partition coefficient (Wildman–Crippen LogP) is 1.06. The van der Waals surface area contributed by atoms with E-state index in [2.05, 4.69) is 5.32 Å². The van der Waals surface area contributed by atoms with Crippen molar-refractivity contribution < 1.29 is 9.72 Å². The summed E-state index contributed by atoms with van der Waals surface area (Å²) >= 11 is 0.925. The van der Waals surface area contributed by atoms with Crippen molar-refractivity contribution in [1.29, 1.82) is 5.26 Å². The van der Waals surface area contributed by atoms with Crippen LogP contribution in [0.2, 0.25) is 0 Å². The van der Waals surface area contributed by atoms with Crippen molar-refractivity contribution in [2.24, 2.45) is 0 Å². The average molecular weight is 406 g/mol. The Balaban J connectivity index is 2.44. The van der Waals surface area contributed by atoms with Crippen LogP contribution < -0.4 is 20.1 Å². The van der Waals surface area contributed by atoms with Gasteiger partial charge in [0.1, 0.15) is 10.7 Å². The Kier molecular flexibility index (Phi) is 5.66. The molecule has 0 atom stereocenters. The minimum Gasteiger partial charge on any atom is -0.354 e. The van der Waals surface area contributed by atoms with Gasteiger partial charge in [0.2, 0.25) is 0 Å². The van der Waals surface area contributed by atoms with Gasteiger partial charge in [0.05, 0.1) is 20.7 Å². The molecule has 0 bridgehead atoms. The SMILES string of the molecule is CNC(=O)/C(C#N)=c1\s/c(=C\c2ccccc2[N+](=O)[O-])c(=O)n1-c1ccccc1. The normalized spacial score (nSPS) is 12.2. The number of benzene rings is 2. The zero-order valence-electron chi connectivity index (χ0n) is 15.2. The van der Waals surface area contributed by atoms with Gasteiger partial charge in [-0.15, -0.1) is 11.3 Å². The fourth-order valence-electron chi connectivity index (χ4n) is 2.70. The molecule has 1 heterocycles. The van der Waals surface area contributed by atoms with Crippen LogP contribution >= 0.6 is 11.3 Å². The Morgan fingerprint density at radius 3 is 2.48 bits per heavy atom. The van der Waals surface area contributed by atoms with Gasteiger partial charge in [-0.1, -0.05) is 30.3 Å². The zero-order valence-corrected chi connectivity index (χ0v) is 16.0. The lowest BCUT2D eigenvalue weighted by molar-refractivity contribution is -0.385. The Labute approximate surface area is 168 Å². The summed E-state index contributed by atoms with van der Waals surface area (Å²) in [5, 5.41) is 23.2. The van der Waals surface area contributed by atoms with Crippen molar-refractivity contribution in [2.75, 3.05) is 7.05 Å². The monoisotopic (exact) mass is 406 g/mol. The number of nitro groups is 1. The fourth-order valence-corrected chi connectivity index (χ4v) is 3.79. The summed E-state index contributed by atoms with van der Waals surface area (Å²) in [5.74, 6) is -0.629. The molecule has 144 valence electrons. The number of aromatic nitrogens is 1. The third-order valence-corrected chi connectivity index (χ3v) is 5.13. The van der Waals surface area contributed by atoms with E-state index in [4.69, 9.17) is 0 Å². The summed E-state index contributed by atoms with van der Waals surface area (Å²) < 4.78 is 1.57. The minimum atomic E-state index is -0.629. The lowest BCUT2D eigenvalue weighted by atomic mass is 10.2. The Morgan fingerprint density at radius 1 is 1.21 bits per heavy atom. The number of thiazole rings is 1. The molecule has 2 aromatic carbocycles. The molecule has 3 aromatic rings. The Bertz CT molecular complexity index is 1320.